The zero-order valence-corrected chi connectivity index (χ0v) is 10.5. The topological polar surface area (TPSA) is 59.3 Å². The first-order valence-corrected chi connectivity index (χ1v) is 6.31. The minimum Gasteiger partial charge on any atom is -0.481 e. The highest BCUT2D eigenvalue weighted by Crippen LogP contribution is 2.31. The summed E-state index contributed by atoms with van der Waals surface area (Å²) in [5.74, 6) is -2.47. The summed E-state index contributed by atoms with van der Waals surface area (Å²) >= 11 is 0. The van der Waals surface area contributed by atoms with Gasteiger partial charge in [-0.1, -0.05) is 12.1 Å². The lowest BCUT2D eigenvalue weighted by molar-refractivity contribution is -0.138. The van der Waals surface area contributed by atoms with Gasteiger partial charge in [-0.25, -0.2) is 4.39 Å². The monoisotopic (exact) mass is 273 g/mol. The standard InChI is InChI=1S/C15H12FNO3/c16-11-4-2-1-3-9(11)14(18)13-6-5-12-10(15(19)20)7-8-17(12)13/h1-6,10H,7-8H2,(H,19,20). The van der Waals surface area contributed by atoms with Crippen molar-refractivity contribution in [3.8, 4) is 0 Å². The number of benzene rings is 1. The zero-order chi connectivity index (χ0) is 14.3. The zero-order valence-electron chi connectivity index (χ0n) is 10.5. The molecule has 0 radical (unpaired) electrons. The van der Waals surface area contributed by atoms with E-state index < -0.39 is 23.5 Å². The summed E-state index contributed by atoms with van der Waals surface area (Å²) < 4.78 is 15.3. The number of rotatable bonds is 3. The molecule has 1 aromatic heterocycles. The van der Waals surface area contributed by atoms with Gasteiger partial charge in [0.1, 0.15) is 5.82 Å². The summed E-state index contributed by atoms with van der Waals surface area (Å²) in [7, 11) is 0. The second-order valence-corrected chi connectivity index (χ2v) is 4.78. The Hall–Kier alpha value is -2.43. The molecule has 0 spiro atoms. The van der Waals surface area contributed by atoms with Gasteiger partial charge in [0.2, 0.25) is 5.78 Å². The largest absolute Gasteiger partial charge is 0.481 e. The molecular weight excluding hydrogens is 261 g/mol. The molecule has 1 aromatic carbocycles. The number of nitrogens with zero attached hydrogens (tertiary/aromatic N) is 1. The summed E-state index contributed by atoms with van der Waals surface area (Å²) in [6.45, 7) is 0.467. The Labute approximate surface area is 114 Å². The molecule has 2 heterocycles. The number of halogens is 1. The van der Waals surface area contributed by atoms with Gasteiger partial charge in [0.05, 0.1) is 17.2 Å². The number of hydrogen-bond acceptors (Lipinski definition) is 2. The third-order valence-corrected chi connectivity index (χ3v) is 3.66. The molecule has 2 aromatic rings. The van der Waals surface area contributed by atoms with Crippen molar-refractivity contribution in [2.75, 3.05) is 0 Å². The predicted molar refractivity (Wildman–Crippen MR) is 69.3 cm³/mol. The summed E-state index contributed by atoms with van der Waals surface area (Å²) in [6.07, 6.45) is 0.461. The third-order valence-electron chi connectivity index (χ3n) is 3.66. The average Bonchev–Trinajstić information content (AvgIpc) is 2.99. The molecular formula is C15H12FNO3. The van der Waals surface area contributed by atoms with Gasteiger partial charge in [-0.05, 0) is 30.7 Å². The van der Waals surface area contributed by atoms with Crippen LogP contribution in [0.3, 0.4) is 0 Å². The van der Waals surface area contributed by atoms with Crippen molar-refractivity contribution < 1.29 is 19.1 Å². The van der Waals surface area contributed by atoms with Crippen LogP contribution in [-0.2, 0) is 11.3 Å². The molecule has 1 unspecified atom stereocenters. The van der Waals surface area contributed by atoms with Crippen LogP contribution < -0.4 is 0 Å². The number of carbonyl (C=O) groups is 2. The van der Waals surface area contributed by atoms with E-state index in [0.29, 0.717) is 24.4 Å². The smallest absolute Gasteiger partial charge is 0.312 e. The van der Waals surface area contributed by atoms with Crippen molar-refractivity contribution >= 4 is 11.8 Å². The fourth-order valence-electron chi connectivity index (χ4n) is 2.67. The molecule has 1 aliphatic heterocycles. The Kier molecular flexibility index (Phi) is 2.89. The maximum absolute atomic E-state index is 13.7. The molecule has 0 amide bonds. The van der Waals surface area contributed by atoms with E-state index in [0.717, 1.165) is 0 Å². The number of carboxylic acids is 1. The van der Waals surface area contributed by atoms with E-state index >= 15 is 0 Å². The predicted octanol–water partition coefficient (Wildman–Crippen LogP) is 2.43. The Balaban J connectivity index is 2.02. The Morgan fingerprint density at radius 2 is 1.95 bits per heavy atom. The number of aliphatic carboxylic acids is 1. The molecule has 3 rings (SSSR count). The number of carboxylic acid groups (broad SMARTS) is 1. The maximum Gasteiger partial charge on any atom is 0.312 e. The Morgan fingerprint density at radius 3 is 2.65 bits per heavy atom. The van der Waals surface area contributed by atoms with Crippen molar-refractivity contribution in [2.45, 2.75) is 18.9 Å². The van der Waals surface area contributed by atoms with Crippen LogP contribution in [0.15, 0.2) is 36.4 Å². The second-order valence-electron chi connectivity index (χ2n) is 4.78. The van der Waals surface area contributed by atoms with Crippen molar-refractivity contribution in [2.24, 2.45) is 0 Å². The van der Waals surface area contributed by atoms with Crippen LogP contribution in [0, 0.1) is 5.82 Å². The number of carbonyl (C=O) groups excluding carboxylic acids is 1. The molecule has 1 atom stereocenters. The lowest BCUT2D eigenvalue weighted by atomic mass is 10.1. The molecule has 0 aliphatic carbocycles. The summed E-state index contributed by atoms with van der Waals surface area (Å²) in [5, 5.41) is 9.11. The Morgan fingerprint density at radius 1 is 1.20 bits per heavy atom. The van der Waals surface area contributed by atoms with E-state index in [1.165, 1.54) is 18.2 Å². The van der Waals surface area contributed by atoms with E-state index in [9.17, 15) is 14.0 Å². The van der Waals surface area contributed by atoms with Gasteiger partial charge >= 0.3 is 5.97 Å². The minimum absolute atomic E-state index is 0.00664. The SMILES string of the molecule is O=C(c1ccccc1F)c1ccc2n1CCC2C(=O)O. The van der Waals surface area contributed by atoms with Crippen molar-refractivity contribution in [3.63, 3.8) is 0 Å². The molecule has 0 fully saturated rings. The normalized spacial score (nSPS) is 16.9. The fraction of sp³-hybridized carbons (Fsp3) is 0.200. The van der Waals surface area contributed by atoms with Crippen molar-refractivity contribution in [3.05, 3.63) is 59.2 Å². The number of hydrogen-bond donors (Lipinski definition) is 1. The van der Waals surface area contributed by atoms with Gasteiger partial charge in [0, 0.05) is 12.2 Å². The number of fused-ring (bicyclic) bond motifs is 1. The van der Waals surface area contributed by atoms with Crippen LogP contribution in [0.4, 0.5) is 4.39 Å². The van der Waals surface area contributed by atoms with Crippen LogP contribution in [-0.4, -0.2) is 21.4 Å². The quantitative estimate of drug-likeness (QED) is 0.874. The lowest BCUT2D eigenvalue weighted by Gasteiger charge is -2.06. The molecule has 1 aliphatic rings. The molecule has 0 saturated carbocycles. The maximum atomic E-state index is 13.7. The van der Waals surface area contributed by atoms with E-state index in [-0.39, 0.29) is 5.56 Å². The molecule has 0 bridgehead atoms. The Bertz CT molecular complexity index is 705. The minimum atomic E-state index is -0.897. The van der Waals surface area contributed by atoms with Crippen LogP contribution in [0.5, 0.6) is 0 Å². The fourth-order valence-corrected chi connectivity index (χ4v) is 2.67. The van der Waals surface area contributed by atoms with Gasteiger partial charge in [-0.15, -0.1) is 0 Å². The van der Waals surface area contributed by atoms with Crippen LogP contribution >= 0.6 is 0 Å². The lowest BCUT2D eigenvalue weighted by Crippen LogP contribution is -2.11. The van der Waals surface area contributed by atoms with Crippen LogP contribution in [0.1, 0.15) is 34.1 Å². The average molecular weight is 273 g/mol. The van der Waals surface area contributed by atoms with E-state index in [2.05, 4.69) is 0 Å². The van der Waals surface area contributed by atoms with E-state index in [1.807, 2.05) is 0 Å². The van der Waals surface area contributed by atoms with Crippen LogP contribution in [0.2, 0.25) is 0 Å². The first-order valence-electron chi connectivity index (χ1n) is 6.31. The highest BCUT2D eigenvalue weighted by atomic mass is 19.1. The molecule has 4 nitrogen and oxygen atoms in total. The highest BCUT2D eigenvalue weighted by Gasteiger charge is 2.32. The highest BCUT2D eigenvalue weighted by molar-refractivity contribution is 6.08. The van der Waals surface area contributed by atoms with E-state index in [1.54, 1.807) is 22.8 Å². The van der Waals surface area contributed by atoms with Gasteiger partial charge in [-0.3, -0.25) is 9.59 Å². The first-order chi connectivity index (χ1) is 9.59. The van der Waals surface area contributed by atoms with Gasteiger partial charge < -0.3 is 9.67 Å². The van der Waals surface area contributed by atoms with E-state index in [4.69, 9.17) is 5.11 Å². The first kappa shape index (κ1) is 12.6. The summed E-state index contributed by atoms with van der Waals surface area (Å²) in [5.41, 5.74) is 0.957. The number of ketones is 1. The molecule has 5 heteroatoms. The molecule has 20 heavy (non-hydrogen) atoms. The van der Waals surface area contributed by atoms with Gasteiger partial charge in [0.15, 0.2) is 0 Å². The molecule has 102 valence electrons. The van der Waals surface area contributed by atoms with Gasteiger partial charge in [0.25, 0.3) is 0 Å². The third kappa shape index (κ3) is 1.82. The molecule has 1 N–H and O–H groups in total. The van der Waals surface area contributed by atoms with Crippen molar-refractivity contribution in [1.29, 1.82) is 0 Å². The summed E-state index contributed by atoms with van der Waals surface area (Å²) in [4.78, 5) is 23.5. The molecule has 0 saturated heterocycles. The van der Waals surface area contributed by atoms with Crippen molar-refractivity contribution in [1.82, 2.24) is 4.57 Å². The van der Waals surface area contributed by atoms with Crippen LogP contribution in [0.25, 0.3) is 0 Å². The second kappa shape index (κ2) is 4.59. The number of aromatic nitrogens is 1. The van der Waals surface area contributed by atoms with Gasteiger partial charge in [-0.2, -0.15) is 0 Å². The summed E-state index contributed by atoms with van der Waals surface area (Å²) in [6, 6.07) is 9.00.